The van der Waals surface area contributed by atoms with E-state index in [0.29, 0.717) is 0 Å². The Hall–Kier alpha value is -1.09. The van der Waals surface area contributed by atoms with Crippen molar-refractivity contribution in [1.82, 2.24) is 10.3 Å². The van der Waals surface area contributed by atoms with Crippen molar-refractivity contribution in [1.29, 1.82) is 0 Å². The van der Waals surface area contributed by atoms with Crippen LogP contribution in [0.5, 0.6) is 0 Å². The molecule has 0 aromatic carbocycles. The molecule has 0 radical (unpaired) electrons. The Morgan fingerprint density at radius 1 is 1.62 bits per heavy atom. The summed E-state index contributed by atoms with van der Waals surface area (Å²) in [5.74, 6) is 0. The number of nitrogens with one attached hydrogen (secondary N) is 1. The summed E-state index contributed by atoms with van der Waals surface area (Å²) in [5.41, 5.74) is 7.70. The van der Waals surface area contributed by atoms with E-state index in [0.717, 1.165) is 24.2 Å². The molecule has 72 valence electrons. The predicted molar refractivity (Wildman–Crippen MR) is 55.4 cm³/mol. The van der Waals surface area contributed by atoms with Crippen molar-refractivity contribution in [3.8, 4) is 0 Å². The minimum absolute atomic E-state index is 0.286. The van der Waals surface area contributed by atoms with Crippen molar-refractivity contribution >= 4 is 5.69 Å². The van der Waals surface area contributed by atoms with E-state index in [2.05, 4.69) is 24.1 Å². The van der Waals surface area contributed by atoms with Crippen molar-refractivity contribution in [2.75, 3.05) is 12.3 Å². The summed E-state index contributed by atoms with van der Waals surface area (Å²) in [5, 5.41) is 3.37. The Kier molecular flexibility index (Phi) is 3.71. The third-order valence-electron chi connectivity index (χ3n) is 2.05. The molecule has 0 aliphatic rings. The van der Waals surface area contributed by atoms with E-state index in [1.54, 1.807) is 6.20 Å². The smallest absolute Gasteiger partial charge is 0.0393 e. The van der Waals surface area contributed by atoms with Crippen molar-refractivity contribution in [2.24, 2.45) is 0 Å². The highest BCUT2D eigenvalue weighted by Gasteiger charge is 2.06. The van der Waals surface area contributed by atoms with Crippen LogP contribution in [-0.2, 0) is 0 Å². The lowest BCUT2D eigenvalue weighted by atomic mass is 10.1. The fourth-order valence-corrected chi connectivity index (χ4v) is 1.25. The van der Waals surface area contributed by atoms with E-state index in [-0.39, 0.29) is 6.04 Å². The number of pyridine rings is 1. The summed E-state index contributed by atoms with van der Waals surface area (Å²) in [6.45, 7) is 5.25. The zero-order valence-corrected chi connectivity index (χ0v) is 8.25. The number of anilines is 1. The maximum atomic E-state index is 5.81. The van der Waals surface area contributed by atoms with Crippen molar-refractivity contribution < 1.29 is 0 Å². The lowest BCUT2D eigenvalue weighted by Gasteiger charge is -2.14. The van der Waals surface area contributed by atoms with Gasteiger partial charge in [0.15, 0.2) is 0 Å². The van der Waals surface area contributed by atoms with Crippen LogP contribution >= 0.6 is 0 Å². The van der Waals surface area contributed by atoms with E-state index >= 15 is 0 Å². The number of rotatable bonds is 4. The van der Waals surface area contributed by atoms with Gasteiger partial charge >= 0.3 is 0 Å². The van der Waals surface area contributed by atoms with Crippen molar-refractivity contribution in [3.63, 3.8) is 0 Å². The molecular weight excluding hydrogens is 162 g/mol. The fraction of sp³-hybridized carbons (Fsp3) is 0.500. The molecule has 13 heavy (non-hydrogen) atoms. The first-order valence-corrected chi connectivity index (χ1v) is 4.68. The Morgan fingerprint density at radius 3 is 3.00 bits per heavy atom. The Morgan fingerprint density at radius 2 is 2.38 bits per heavy atom. The second-order valence-corrected chi connectivity index (χ2v) is 3.18. The van der Waals surface area contributed by atoms with Gasteiger partial charge in [-0.25, -0.2) is 0 Å². The van der Waals surface area contributed by atoms with Gasteiger partial charge in [0.05, 0.1) is 0 Å². The highest BCUT2D eigenvalue weighted by Crippen LogP contribution is 2.17. The highest BCUT2D eigenvalue weighted by molar-refractivity contribution is 5.45. The van der Waals surface area contributed by atoms with Crippen LogP contribution in [0.3, 0.4) is 0 Å². The third-order valence-corrected chi connectivity index (χ3v) is 2.05. The van der Waals surface area contributed by atoms with Gasteiger partial charge in [-0.05, 0) is 26.0 Å². The maximum Gasteiger partial charge on any atom is 0.0393 e. The molecule has 1 heterocycles. The summed E-state index contributed by atoms with van der Waals surface area (Å²) in [6.07, 6.45) is 4.67. The molecule has 0 saturated carbocycles. The third kappa shape index (κ3) is 2.70. The minimum atomic E-state index is 0.286. The molecule has 1 atom stereocenters. The number of nitrogens with zero attached hydrogens (tertiary/aromatic N) is 1. The lowest BCUT2D eigenvalue weighted by molar-refractivity contribution is 0.570. The maximum absolute atomic E-state index is 5.81. The number of nitrogens with two attached hydrogens (primary N) is 1. The zero-order valence-electron chi connectivity index (χ0n) is 8.25. The van der Waals surface area contributed by atoms with Crippen LogP contribution in [0.1, 0.15) is 31.9 Å². The SMILES string of the molecule is CCCNC(C)c1cnccc1N. The summed E-state index contributed by atoms with van der Waals surface area (Å²) < 4.78 is 0. The molecule has 1 rings (SSSR count). The molecule has 0 amide bonds. The van der Waals surface area contributed by atoms with Crippen LogP contribution in [0.15, 0.2) is 18.5 Å². The van der Waals surface area contributed by atoms with Crippen LogP contribution in [0.4, 0.5) is 5.69 Å². The molecule has 3 nitrogen and oxygen atoms in total. The standard InChI is InChI=1S/C10H17N3/c1-3-5-13-8(2)9-7-12-6-4-10(9)11/h4,6-8,13H,3,5H2,1-2H3,(H2,11,12). The molecule has 3 heteroatoms. The van der Waals surface area contributed by atoms with E-state index in [1.807, 2.05) is 12.3 Å². The van der Waals surface area contributed by atoms with Crippen molar-refractivity contribution in [2.45, 2.75) is 26.3 Å². The first-order valence-electron chi connectivity index (χ1n) is 4.68. The number of hydrogen-bond donors (Lipinski definition) is 2. The Balaban J connectivity index is 2.65. The summed E-state index contributed by atoms with van der Waals surface area (Å²) in [7, 11) is 0. The summed E-state index contributed by atoms with van der Waals surface area (Å²) in [4.78, 5) is 4.05. The number of nitrogen functional groups attached to an aromatic ring is 1. The average Bonchev–Trinajstić information content (AvgIpc) is 2.15. The van der Waals surface area contributed by atoms with Gasteiger partial charge in [0, 0.05) is 29.7 Å². The van der Waals surface area contributed by atoms with Gasteiger partial charge in [0.2, 0.25) is 0 Å². The zero-order chi connectivity index (χ0) is 9.68. The van der Waals surface area contributed by atoms with Gasteiger partial charge in [-0.2, -0.15) is 0 Å². The van der Waals surface area contributed by atoms with Crippen molar-refractivity contribution in [3.05, 3.63) is 24.0 Å². The molecule has 0 spiro atoms. The van der Waals surface area contributed by atoms with Gasteiger partial charge < -0.3 is 11.1 Å². The van der Waals surface area contributed by atoms with Gasteiger partial charge in [0.25, 0.3) is 0 Å². The van der Waals surface area contributed by atoms with Gasteiger partial charge in [0.1, 0.15) is 0 Å². The molecule has 0 saturated heterocycles. The van der Waals surface area contributed by atoms with E-state index in [9.17, 15) is 0 Å². The second-order valence-electron chi connectivity index (χ2n) is 3.18. The normalized spacial score (nSPS) is 12.8. The fourth-order valence-electron chi connectivity index (χ4n) is 1.25. The summed E-state index contributed by atoms with van der Waals surface area (Å²) >= 11 is 0. The molecule has 1 unspecified atom stereocenters. The second kappa shape index (κ2) is 4.82. The molecule has 1 aromatic heterocycles. The topological polar surface area (TPSA) is 50.9 Å². The molecular formula is C10H17N3. The van der Waals surface area contributed by atoms with E-state index in [4.69, 9.17) is 5.73 Å². The monoisotopic (exact) mass is 179 g/mol. The largest absolute Gasteiger partial charge is 0.398 e. The molecule has 1 aromatic rings. The van der Waals surface area contributed by atoms with Crippen LogP contribution in [0, 0.1) is 0 Å². The van der Waals surface area contributed by atoms with Crippen LogP contribution < -0.4 is 11.1 Å². The van der Waals surface area contributed by atoms with E-state index in [1.165, 1.54) is 0 Å². The van der Waals surface area contributed by atoms with Crippen LogP contribution in [-0.4, -0.2) is 11.5 Å². The molecule has 3 N–H and O–H groups in total. The number of hydrogen-bond acceptors (Lipinski definition) is 3. The van der Waals surface area contributed by atoms with Crippen LogP contribution in [0.25, 0.3) is 0 Å². The highest BCUT2D eigenvalue weighted by atomic mass is 14.9. The molecule has 0 fully saturated rings. The van der Waals surface area contributed by atoms with E-state index < -0.39 is 0 Å². The predicted octanol–water partition coefficient (Wildman–Crippen LogP) is 1.72. The minimum Gasteiger partial charge on any atom is -0.398 e. The lowest BCUT2D eigenvalue weighted by Crippen LogP contribution is -2.20. The number of aromatic nitrogens is 1. The van der Waals surface area contributed by atoms with Gasteiger partial charge in [-0.15, -0.1) is 0 Å². The molecule has 0 aliphatic heterocycles. The Labute approximate surface area is 79.4 Å². The Bertz CT molecular complexity index is 260. The molecule has 0 bridgehead atoms. The average molecular weight is 179 g/mol. The first kappa shape index (κ1) is 9.99. The quantitative estimate of drug-likeness (QED) is 0.740. The molecule has 0 aliphatic carbocycles. The van der Waals surface area contributed by atoms with Gasteiger partial charge in [-0.3, -0.25) is 4.98 Å². The van der Waals surface area contributed by atoms with Crippen LogP contribution in [0.2, 0.25) is 0 Å². The van der Waals surface area contributed by atoms with Gasteiger partial charge in [-0.1, -0.05) is 6.92 Å². The summed E-state index contributed by atoms with van der Waals surface area (Å²) in [6, 6.07) is 2.12. The first-order chi connectivity index (χ1) is 6.25.